The van der Waals surface area contributed by atoms with Crippen LogP contribution in [0.1, 0.15) is 47.5 Å². The van der Waals surface area contributed by atoms with Gasteiger partial charge in [0.25, 0.3) is 0 Å². The fourth-order valence-electron chi connectivity index (χ4n) is 1.59. The van der Waals surface area contributed by atoms with E-state index in [4.69, 9.17) is 0 Å². The molecule has 17 heavy (non-hydrogen) atoms. The molecule has 0 amide bonds. The van der Waals surface area contributed by atoms with E-state index < -0.39 is 9.84 Å². The van der Waals surface area contributed by atoms with E-state index in [-0.39, 0.29) is 5.25 Å². The third kappa shape index (κ3) is 7.77. The van der Waals surface area contributed by atoms with Crippen LogP contribution in [-0.4, -0.2) is 32.5 Å². The Morgan fingerprint density at radius 2 is 1.65 bits per heavy atom. The molecule has 0 heterocycles. The minimum absolute atomic E-state index is 0.247. The molecule has 0 rings (SSSR count). The normalized spacial score (nSPS) is 14.5. The van der Waals surface area contributed by atoms with Crippen LogP contribution in [0.2, 0.25) is 0 Å². The van der Waals surface area contributed by atoms with Crippen LogP contribution < -0.4 is 5.32 Å². The molecule has 1 N–H and O–H groups in total. The number of hydrogen-bond donors (Lipinski definition) is 1. The van der Waals surface area contributed by atoms with Gasteiger partial charge in [-0.3, -0.25) is 0 Å². The molecule has 104 valence electrons. The summed E-state index contributed by atoms with van der Waals surface area (Å²) >= 11 is 0. The van der Waals surface area contributed by atoms with E-state index in [1.165, 1.54) is 0 Å². The Kier molecular flexibility index (Phi) is 8.05. The van der Waals surface area contributed by atoms with Crippen molar-refractivity contribution in [3.05, 3.63) is 0 Å². The lowest BCUT2D eigenvalue weighted by Crippen LogP contribution is -2.28. The molecule has 0 aromatic heterocycles. The van der Waals surface area contributed by atoms with E-state index in [1.54, 1.807) is 13.8 Å². The number of rotatable bonds is 9. The van der Waals surface area contributed by atoms with Gasteiger partial charge in [-0.1, -0.05) is 27.2 Å². The highest BCUT2D eigenvalue weighted by molar-refractivity contribution is 7.91. The molecular weight excluding hydrogens is 234 g/mol. The molecule has 0 aromatic rings. The Morgan fingerprint density at radius 1 is 1.06 bits per heavy atom. The van der Waals surface area contributed by atoms with Crippen LogP contribution in [0.15, 0.2) is 0 Å². The van der Waals surface area contributed by atoms with Gasteiger partial charge in [-0.05, 0) is 45.2 Å². The second-order valence-electron chi connectivity index (χ2n) is 5.53. The first-order valence-corrected chi connectivity index (χ1v) is 8.43. The van der Waals surface area contributed by atoms with Gasteiger partial charge in [-0.15, -0.1) is 0 Å². The lowest BCUT2D eigenvalue weighted by Gasteiger charge is -2.17. The molecule has 4 heteroatoms. The van der Waals surface area contributed by atoms with Crippen molar-refractivity contribution in [3.63, 3.8) is 0 Å². The summed E-state index contributed by atoms with van der Waals surface area (Å²) in [6, 6.07) is 0. The van der Waals surface area contributed by atoms with Crippen LogP contribution in [0.4, 0.5) is 0 Å². The monoisotopic (exact) mass is 263 g/mol. The van der Waals surface area contributed by atoms with Crippen LogP contribution in [-0.2, 0) is 9.84 Å². The molecule has 0 spiro atoms. The summed E-state index contributed by atoms with van der Waals surface area (Å²) in [4.78, 5) is 0. The van der Waals surface area contributed by atoms with Crippen LogP contribution >= 0.6 is 0 Å². The van der Waals surface area contributed by atoms with Crippen molar-refractivity contribution in [1.82, 2.24) is 5.32 Å². The summed E-state index contributed by atoms with van der Waals surface area (Å²) in [7, 11) is -2.87. The maximum absolute atomic E-state index is 11.7. The van der Waals surface area contributed by atoms with Crippen molar-refractivity contribution in [2.75, 3.05) is 18.8 Å². The van der Waals surface area contributed by atoms with Gasteiger partial charge < -0.3 is 5.32 Å². The van der Waals surface area contributed by atoms with Crippen molar-refractivity contribution in [3.8, 4) is 0 Å². The van der Waals surface area contributed by atoms with Gasteiger partial charge in [0.05, 0.1) is 11.0 Å². The average molecular weight is 263 g/mol. The molecule has 0 aliphatic rings. The van der Waals surface area contributed by atoms with Crippen molar-refractivity contribution >= 4 is 9.84 Å². The molecule has 0 saturated heterocycles. The zero-order valence-electron chi connectivity index (χ0n) is 12.0. The first-order chi connectivity index (χ1) is 7.79. The standard InChI is InChI=1S/C13H29NO2S/c1-6-13(10-14-9-11(2)3)7-8-17(15,16)12(4)5/h11-14H,6-10H2,1-5H3. The van der Waals surface area contributed by atoms with Gasteiger partial charge >= 0.3 is 0 Å². The van der Waals surface area contributed by atoms with Gasteiger partial charge in [-0.25, -0.2) is 8.42 Å². The first kappa shape index (κ1) is 16.9. The van der Waals surface area contributed by atoms with Gasteiger partial charge in [0.1, 0.15) is 0 Å². The Morgan fingerprint density at radius 3 is 2.06 bits per heavy atom. The van der Waals surface area contributed by atoms with Gasteiger partial charge in [0.2, 0.25) is 0 Å². The zero-order valence-corrected chi connectivity index (χ0v) is 12.8. The van der Waals surface area contributed by atoms with Crippen molar-refractivity contribution in [2.24, 2.45) is 11.8 Å². The van der Waals surface area contributed by atoms with E-state index >= 15 is 0 Å². The van der Waals surface area contributed by atoms with E-state index in [1.807, 2.05) is 0 Å². The largest absolute Gasteiger partial charge is 0.316 e. The Hall–Kier alpha value is -0.0900. The molecule has 0 radical (unpaired) electrons. The summed E-state index contributed by atoms with van der Waals surface area (Å²) in [6.45, 7) is 11.9. The van der Waals surface area contributed by atoms with E-state index in [2.05, 4.69) is 26.1 Å². The summed E-state index contributed by atoms with van der Waals surface area (Å²) in [6.07, 6.45) is 1.82. The Labute approximate surface area is 107 Å². The molecule has 1 atom stereocenters. The maximum atomic E-state index is 11.7. The SMILES string of the molecule is CCC(CCS(=O)(=O)C(C)C)CNCC(C)C. The third-order valence-corrected chi connectivity index (χ3v) is 5.33. The average Bonchev–Trinajstić information content (AvgIpc) is 2.22. The van der Waals surface area contributed by atoms with E-state index in [0.717, 1.165) is 25.9 Å². The number of hydrogen-bond acceptors (Lipinski definition) is 3. The predicted octanol–water partition coefficient (Wildman–Crippen LogP) is 2.47. The van der Waals surface area contributed by atoms with E-state index in [0.29, 0.717) is 17.6 Å². The van der Waals surface area contributed by atoms with Gasteiger partial charge in [0, 0.05) is 0 Å². The second-order valence-corrected chi connectivity index (χ2v) is 8.21. The first-order valence-electron chi connectivity index (χ1n) is 6.71. The lowest BCUT2D eigenvalue weighted by atomic mass is 10.0. The number of sulfone groups is 1. The van der Waals surface area contributed by atoms with Gasteiger partial charge in [-0.2, -0.15) is 0 Å². The lowest BCUT2D eigenvalue weighted by molar-refractivity contribution is 0.428. The fraction of sp³-hybridized carbons (Fsp3) is 1.00. The van der Waals surface area contributed by atoms with Crippen molar-refractivity contribution in [2.45, 2.75) is 52.7 Å². The van der Waals surface area contributed by atoms with Crippen LogP contribution in [0.5, 0.6) is 0 Å². The van der Waals surface area contributed by atoms with Crippen LogP contribution in [0, 0.1) is 11.8 Å². The van der Waals surface area contributed by atoms with Gasteiger partial charge in [0.15, 0.2) is 9.84 Å². The quantitative estimate of drug-likeness (QED) is 0.695. The molecule has 0 aromatic carbocycles. The van der Waals surface area contributed by atoms with Crippen LogP contribution in [0.3, 0.4) is 0 Å². The summed E-state index contributed by atoms with van der Waals surface area (Å²) < 4.78 is 23.4. The molecule has 0 bridgehead atoms. The van der Waals surface area contributed by atoms with E-state index in [9.17, 15) is 8.42 Å². The highest BCUT2D eigenvalue weighted by atomic mass is 32.2. The highest BCUT2D eigenvalue weighted by Crippen LogP contribution is 2.11. The molecule has 1 unspecified atom stereocenters. The Balaban J connectivity index is 3.98. The topological polar surface area (TPSA) is 46.2 Å². The van der Waals surface area contributed by atoms with Crippen LogP contribution in [0.25, 0.3) is 0 Å². The summed E-state index contributed by atoms with van der Waals surface area (Å²) in [5.74, 6) is 1.45. The minimum atomic E-state index is -2.87. The molecule has 0 fully saturated rings. The molecule has 3 nitrogen and oxygen atoms in total. The Bertz CT molecular complexity index is 284. The summed E-state index contributed by atoms with van der Waals surface area (Å²) in [5, 5.41) is 3.16. The second kappa shape index (κ2) is 8.09. The fourth-order valence-corrected chi connectivity index (χ4v) is 2.73. The molecule has 0 aliphatic carbocycles. The van der Waals surface area contributed by atoms with Crippen molar-refractivity contribution in [1.29, 1.82) is 0 Å². The minimum Gasteiger partial charge on any atom is -0.316 e. The smallest absolute Gasteiger partial charge is 0.152 e. The van der Waals surface area contributed by atoms with Crippen molar-refractivity contribution < 1.29 is 8.42 Å². The number of nitrogens with one attached hydrogen (secondary N) is 1. The predicted molar refractivity (Wildman–Crippen MR) is 75.0 cm³/mol. The summed E-state index contributed by atoms with van der Waals surface area (Å²) in [5.41, 5.74) is 0. The molecule has 0 saturated carbocycles. The highest BCUT2D eigenvalue weighted by Gasteiger charge is 2.18. The zero-order chi connectivity index (χ0) is 13.5. The molecule has 0 aliphatic heterocycles. The maximum Gasteiger partial charge on any atom is 0.152 e. The third-order valence-electron chi connectivity index (χ3n) is 3.09. The molecular formula is C13H29NO2S.